The summed E-state index contributed by atoms with van der Waals surface area (Å²) in [5, 5.41) is 3.91. The summed E-state index contributed by atoms with van der Waals surface area (Å²) < 4.78 is 18.3. The van der Waals surface area contributed by atoms with E-state index in [0.29, 0.717) is 16.6 Å². The average Bonchev–Trinajstić information content (AvgIpc) is 2.47. The van der Waals surface area contributed by atoms with Crippen molar-refractivity contribution in [1.29, 1.82) is 0 Å². The minimum Gasteiger partial charge on any atom is -0.465 e. The fraction of sp³-hybridized carbons (Fsp3) is 0.133. The molecule has 0 aliphatic rings. The Kier molecular flexibility index (Phi) is 5.04. The zero-order valence-electron chi connectivity index (χ0n) is 11.1. The second-order valence-corrected chi connectivity index (χ2v) is 5.12. The summed E-state index contributed by atoms with van der Waals surface area (Å²) >= 11 is 11.9. The largest absolute Gasteiger partial charge is 0.465 e. The van der Waals surface area contributed by atoms with Crippen molar-refractivity contribution in [3.05, 3.63) is 63.4 Å². The van der Waals surface area contributed by atoms with Gasteiger partial charge >= 0.3 is 5.97 Å². The normalized spacial score (nSPS) is 10.3. The van der Waals surface area contributed by atoms with E-state index in [4.69, 9.17) is 23.2 Å². The van der Waals surface area contributed by atoms with Gasteiger partial charge in [0.15, 0.2) is 0 Å². The van der Waals surface area contributed by atoms with E-state index in [2.05, 4.69) is 10.1 Å². The van der Waals surface area contributed by atoms with Crippen LogP contribution in [-0.4, -0.2) is 13.1 Å². The Morgan fingerprint density at radius 1 is 1.24 bits per heavy atom. The van der Waals surface area contributed by atoms with Crippen molar-refractivity contribution in [2.24, 2.45) is 0 Å². The molecule has 21 heavy (non-hydrogen) atoms. The third-order valence-electron chi connectivity index (χ3n) is 2.87. The lowest BCUT2D eigenvalue weighted by molar-refractivity contribution is 0.0600. The number of nitrogens with one attached hydrogen (secondary N) is 1. The van der Waals surface area contributed by atoms with Gasteiger partial charge in [-0.3, -0.25) is 0 Å². The van der Waals surface area contributed by atoms with Crippen LogP contribution in [0.4, 0.5) is 10.1 Å². The van der Waals surface area contributed by atoms with Crippen LogP contribution in [-0.2, 0) is 11.3 Å². The molecular formula is C15H12Cl2FNO2. The number of benzene rings is 2. The highest BCUT2D eigenvalue weighted by Gasteiger charge is 2.10. The highest BCUT2D eigenvalue weighted by atomic mass is 35.5. The van der Waals surface area contributed by atoms with Gasteiger partial charge in [-0.05, 0) is 35.9 Å². The Labute approximate surface area is 131 Å². The van der Waals surface area contributed by atoms with Crippen molar-refractivity contribution >= 4 is 34.9 Å². The van der Waals surface area contributed by atoms with Crippen molar-refractivity contribution < 1.29 is 13.9 Å². The Morgan fingerprint density at radius 3 is 2.67 bits per heavy atom. The minimum atomic E-state index is -0.525. The standard InChI is InChI=1S/C15H12Cl2FNO2/c1-21-15(20)9-3-5-13(18)14(6-9)19-8-10-2-4-11(16)7-12(10)17/h2-7,19H,8H2,1H3. The van der Waals surface area contributed by atoms with Gasteiger partial charge in [0.1, 0.15) is 5.82 Å². The van der Waals surface area contributed by atoms with Gasteiger partial charge in [-0.25, -0.2) is 9.18 Å². The Bertz CT molecular complexity index is 677. The van der Waals surface area contributed by atoms with Gasteiger partial charge in [-0.2, -0.15) is 0 Å². The number of hydrogen-bond donors (Lipinski definition) is 1. The van der Waals surface area contributed by atoms with E-state index >= 15 is 0 Å². The van der Waals surface area contributed by atoms with Crippen LogP contribution in [0.25, 0.3) is 0 Å². The fourth-order valence-electron chi connectivity index (χ4n) is 1.76. The summed E-state index contributed by atoms with van der Waals surface area (Å²) in [6.45, 7) is 0.303. The Morgan fingerprint density at radius 2 is 2.00 bits per heavy atom. The first kappa shape index (κ1) is 15.6. The molecule has 0 saturated carbocycles. The predicted octanol–water partition coefficient (Wildman–Crippen LogP) is 4.53. The molecule has 0 amide bonds. The van der Waals surface area contributed by atoms with Crippen molar-refractivity contribution in [2.75, 3.05) is 12.4 Å². The maximum atomic E-state index is 13.7. The molecule has 0 spiro atoms. The second-order valence-electron chi connectivity index (χ2n) is 4.28. The summed E-state index contributed by atoms with van der Waals surface area (Å²) in [7, 11) is 1.27. The van der Waals surface area contributed by atoms with Gasteiger partial charge < -0.3 is 10.1 Å². The molecule has 0 radical (unpaired) electrons. The van der Waals surface area contributed by atoms with Gasteiger partial charge in [0, 0.05) is 16.6 Å². The van der Waals surface area contributed by atoms with E-state index in [0.717, 1.165) is 5.56 Å². The molecule has 0 aliphatic carbocycles. The van der Waals surface area contributed by atoms with Crippen molar-refractivity contribution in [3.8, 4) is 0 Å². The number of ether oxygens (including phenoxy) is 1. The molecule has 2 rings (SSSR count). The van der Waals surface area contributed by atoms with Crippen LogP contribution in [0.5, 0.6) is 0 Å². The quantitative estimate of drug-likeness (QED) is 0.838. The molecule has 2 aromatic rings. The third-order valence-corrected chi connectivity index (χ3v) is 3.46. The van der Waals surface area contributed by atoms with Gasteiger partial charge in [-0.15, -0.1) is 0 Å². The molecule has 0 fully saturated rings. The number of halogens is 3. The van der Waals surface area contributed by atoms with Gasteiger partial charge in [-0.1, -0.05) is 29.3 Å². The summed E-state index contributed by atoms with van der Waals surface area (Å²) in [5.74, 6) is -0.990. The smallest absolute Gasteiger partial charge is 0.337 e. The molecule has 0 saturated heterocycles. The van der Waals surface area contributed by atoms with Crippen LogP contribution >= 0.6 is 23.2 Å². The molecule has 2 aromatic carbocycles. The zero-order valence-corrected chi connectivity index (χ0v) is 12.6. The lowest BCUT2D eigenvalue weighted by Crippen LogP contribution is -2.06. The van der Waals surface area contributed by atoms with Crippen LogP contribution < -0.4 is 5.32 Å². The molecule has 0 aromatic heterocycles. The molecule has 0 bridgehead atoms. The third kappa shape index (κ3) is 3.86. The number of anilines is 1. The zero-order chi connectivity index (χ0) is 15.4. The van der Waals surface area contributed by atoms with Gasteiger partial charge in [0.25, 0.3) is 0 Å². The highest BCUT2D eigenvalue weighted by Crippen LogP contribution is 2.23. The number of rotatable bonds is 4. The van der Waals surface area contributed by atoms with Crippen LogP contribution in [0.1, 0.15) is 15.9 Å². The van der Waals surface area contributed by atoms with Crippen LogP contribution in [0, 0.1) is 5.82 Å². The predicted molar refractivity (Wildman–Crippen MR) is 81.5 cm³/mol. The number of hydrogen-bond acceptors (Lipinski definition) is 3. The van der Waals surface area contributed by atoms with Crippen molar-refractivity contribution in [1.82, 2.24) is 0 Å². The summed E-state index contributed by atoms with van der Waals surface area (Å²) in [6, 6.07) is 9.03. The van der Waals surface area contributed by atoms with E-state index in [9.17, 15) is 9.18 Å². The fourth-order valence-corrected chi connectivity index (χ4v) is 2.24. The number of esters is 1. The lowest BCUT2D eigenvalue weighted by Gasteiger charge is -2.10. The van der Waals surface area contributed by atoms with E-state index in [1.54, 1.807) is 18.2 Å². The topological polar surface area (TPSA) is 38.3 Å². The summed E-state index contributed by atoms with van der Waals surface area (Å²) in [4.78, 5) is 11.4. The molecule has 0 heterocycles. The molecule has 0 unspecified atom stereocenters. The Balaban J connectivity index is 2.17. The molecule has 3 nitrogen and oxygen atoms in total. The molecule has 110 valence electrons. The molecule has 0 atom stereocenters. The second kappa shape index (κ2) is 6.78. The van der Waals surface area contributed by atoms with Gasteiger partial charge in [0.05, 0.1) is 18.4 Å². The number of methoxy groups -OCH3 is 1. The van der Waals surface area contributed by atoms with Crippen molar-refractivity contribution in [3.63, 3.8) is 0 Å². The van der Waals surface area contributed by atoms with E-state index in [1.807, 2.05) is 0 Å². The molecular weight excluding hydrogens is 316 g/mol. The molecule has 1 N–H and O–H groups in total. The van der Waals surface area contributed by atoms with Gasteiger partial charge in [0.2, 0.25) is 0 Å². The summed E-state index contributed by atoms with van der Waals surface area (Å²) in [6.07, 6.45) is 0. The SMILES string of the molecule is COC(=O)c1ccc(F)c(NCc2ccc(Cl)cc2Cl)c1. The summed E-state index contributed by atoms with van der Waals surface area (Å²) in [5.41, 5.74) is 1.23. The monoisotopic (exact) mass is 327 g/mol. The van der Waals surface area contributed by atoms with Crippen LogP contribution in [0.2, 0.25) is 10.0 Å². The average molecular weight is 328 g/mol. The number of carbonyl (C=O) groups is 1. The maximum Gasteiger partial charge on any atom is 0.337 e. The first-order valence-electron chi connectivity index (χ1n) is 6.07. The highest BCUT2D eigenvalue weighted by molar-refractivity contribution is 6.35. The molecule has 0 aliphatic heterocycles. The van der Waals surface area contributed by atoms with Crippen LogP contribution in [0.3, 0.4) is 0 Å². The number of carbonyl (C=O) groups excluding carboxylic acids is 1. The minimum absolute atomic E-state index is 0.198. The first-order chi connectivity index (χ1) is 10.0. The van der Waals surface area contributed by atoms with E-state index < -0.39 is 11.8 Å². The maximum absolute atomic E-state index is 13.7. The van der Waals surface area contributed by atoms with E-state index in [1.165, 1.54) is 25.3 Å². The van der Waals surface area contributed by atoms with Crippen molar-refractivity contribution in [2.45, 2.75) is 6.54 Å². The lowest BCUT2D eigenvalue weighted by atomic mass is 10.1. The molecule has 6 heteroatoms. The van der Waals surface area contributed by atoms with E-state index in [-0.39, 0.29) is 11.3 Å². The first-order valence-corrected chi connectivity index (χ1v) is 6.82. The Hall–Kier alpha value is -1.78. The van der Waals surface area contributed by atoms with Crippen LogP contribution in [0.15, 0.2) is 36.4 Å².